The standard InChI is InChI=1S/C33H34Cl2FN3O4/c1-6-32(7-2,31(42)39(4)5)43-27-13-10-19(34)14-23(27)25-17-28(40)38-29(22-16-21(36)11-8-18(22)3)33(25)24-12-9-20(35)15-26(24)37-30(33)41/h8-16,25,29H,6-7,17H2,1-5H3,(H,37,41)(H,38,40)/t25-,29+,33-/m0/s1. The van der Waals surface area contributed by atoms with Crippen molar-refractivity contribution in [3.8, 4) is 5.75 Å². The fourth-order valence-corrected chi connectivity index (χ4v) is 7.04. The van der Waals surface area contributed by atoms with E-state index in [2.05, 4.69) is 10.6 Å². The molecule has 43 heavy (non-hydrogen) atoms. The number of nitrogens with zero attached hydrogens (tertiary/aromatic N) is 1. The van der Waals surface area contributed by atoms with Gasteiger partial charge in [0.15, 0.2) is 5.60 Å². The van der Waals surface area contributed by atoms with Gasteiger partial charge in [0.25, 0.3) is 5.91 Å². The summed E-state index contributed by atoms with van der Waals surface area (Å²) < 4.78 is 21.4. The minimum absolute atomic E-state index is 0.0933. The van der Waals surface area contributed by atoms with Gasteiger partial charge >= 0.3 is 0 Å². The van der Waals surface area contributed by atoms with Crippen molar-refractivity contribution < 1.29 is 23.5 Å². The lowest BCUT2D eigenvalue weighted by Crippen LogP contribution is -2.57. The Balaban J connectivity index is 1.80. The monoisotopic (exact) mass is 625 g/mol. The number of fused-ring (bicyclic) bond motifs is 2. The van der Waals surface area contributed by atoms with Crippen LogP contribution in [0.1, 0.15) is 67.3 Å². The van der Waals surface area contributed by atoms with Crippen LogP contribution in [0.25, 0.3) is 0 Å². The second-order valence-corrected chi connectivity index (χ2v) is 12.3. The van der Waals surface area contributed by atoms with Gasteiger partial charge in [0.2, 0.25) is 11.8 Å². The molecule has 7 nitrogen and oxygen atoms in total. The lowest BCUT2D eigenvalue weighted by Gasteiger charge is -2.47. The van der Waals surface area contributed by atoms with E-state index in [1.165, 1.54) is 17.0 Å². The number of anilines is 1. The van der Waals surface area contributed by atoms with E-state index in [1.807, 2.05) is 20.8 Å². The molecule has 0 bridgehead atoms. The van der Waals surface area contributed by atoms with E-state index in [1.54, 1.807) is 56.6 Å². The van der Waals surface area contributed by atoms with Crippen molar-refractivity contribution in [2.24, 2.45) is 0 Å². The molecule has 3 amide bonds. The maximum atomic E-state index is 14.8. The van der Waals surface area contributed by atoms with Crippen LogP contribution in [0.4, 0.5) is 10.1 Å². The van der Waals surface area contributed by atoms with Gasteiger partial charge in [-0.15, -0.1) is 0 Å². The summed E-state index contributed by atoms with van der Waals surface area (Å²) in [7, 11) is 3.34. The van der Waals surface area contributed by atoms with Crippen LogP contribution in [0, 0.1) is 12.7 Å². The summed E-state index contributed by atoms with van der Waals surface area (Å²) in [5.74, 6) is -1.88. The Hall–Kier alpha value is -3.62. The first-order valence-electron chi connectivity index (χ1n) is 14.2. The molecular formula is C33H34Cl2FN3O4. The first-order valence-corrected chi connectivity index (χ1v) is 15.0. The van der Waals surface area contributed by atoms with Crippen LogP contribution in [0.15, 0.2) is 54.6 Å². The predicted molar refractivity (Wildman–Crippen MR) is 165 cm³/mol. The van der Waals surface area contributed by atoms with Crippen molar-refractivity contribution in [2.75, 3.05) is 19.4 Å². The summed E-state index contributed by atoms with van der Waals surface area (Å²) in [6.07, 6.45) is 0.668. The Bertz CT molecular complexity index is 1620. The SMILES string of the molecule is CCC(CC)(Oc1ccc(Cl)cc1[C@@H]1CC(=O)N[C@H](c2cc(F)ccc2C)[C@@]12C(=O)Nc1cc(Cl)ccc12)C(=O)N(C)C. The Morgan fingerprint density at radius 1 is 1.02 bits per heavy atom. The molecule has 1 spiro atoms. The van der Waals surface area contributed by atoms with Gasteiger partial charge in [-0.25, -0.2) is 4.39 Å². The first-order chi connectivity index (χ1) is 20.4. The highest BCUT2D eigenvalue weighted by atomic mass is 35.5. The number of likely N-dealkylation sites (N-methyl/N-ethyl adjacent to an activating group) is 1. The van der Waals surface area contributed by atoms with E-state index in [4.69, 9.17) is 27.9 Å². The minimum atomic E-state index is -1.44. The molecule has 0 aliphatic carbocycles. The van der Waals surface area contributed by atoms with E-state index in [-0.39, 0.29) is 24.1 Å². The zero-order valence-corrected chi connectivity index (χ0v) is 26.2. The molecular weight excluding hydrogens is 592 g/mol. The van der Waals surface area contributed by atoms with Crippen molar-refractivity contribution in [3.63, 3.8) is 0 Å². The minimum Gasteiger partial charge on any atom is -0.477 e. The van der Waals surface area contributed by atoms with Crippen LogP contribution >= 0.6 is 23.2 Å². The Morgan fingerprint density at radius 2 is 1.70 bits per heavy atom. The number of ether oxygens (including phenoxy) is 1. The summed E-state index contributed by atoms with van der Waals surface area (Å²) in [4.78, 5) is 42.9. The number of amides is 3. The van der Waals surface area contributed by atoms with Crippen LogP contribution in [-0.4, -0.2) is 42.3 Å². The lowest BCUT2D eigenvalue weighted by molar-refractivity contribution is -0.146. The molecule has 3 aromatic rings. The zero-order valence-electron chi connectivity index (χ0n) is 24.7. The molecule has 5 rings (SSSR count). The average Bonchev–Trinajstić information content (AvgIpc) is 3.25. The summed E-state index contributed by atoms with van der Waals surface area (Å²) in [5.41, 5.74) is 0.142. The van der Waals surface area contributed by atoms with Crippen molar-refractivity contribution in [1.82, 2.24) is 10.2 Å². The molecule has 226 valence electrons. The molecule has 0 radical (unpaired) electrons. The molecule has 2 heterocycles. The third-order valence-electron chi connectivity index (χ3n) is 8.89. The van der Waals surface area contributed by atoms with Crippen LogP contribution < -0.4 is 15.4 Å². The van der Waals surface area contributed by atoms with E-state index in [0.717, 1.165) is 0 Å². The Morgan fingerprint density at radius 3 is 2.37 bits per heavy atom. The van der Waals surface area contributed by atoms with Crippen molar-refractivity contribution in [1.29, 1.82) is 0 Å². The average molecular weight is 627 g/mol. The first kappa shape index (κ1) is 30.8. The van der Waals surface area contributed by atoms with Crippen LogP contribution in [0.5, 0.6) is 5.75 Å². The third-order valence-corrected chi connectivity index (χ3v) is 9.36. The normalized spacial score (nSPS) is 21.3. The topological polar surface area (TPSA) is 87.7 Å². The zero-order chi connectivity index (χ0) is 31.3. The molecule has 3 aromatic carbocycles. The molecule has 0 saturated carbocycles. The Labute approximate surface area is 260 Å². The maximum absolute atomic E-state index is 14.8. The fourth-order valence-electron chi connectivity index (χ4n) is 6.69. The largest absolute Gasteiger partial charge is 0.477 e. The van der Waals surface area contributed by atoms with Crippen molar-refractivity contribution >= 4 is 46.6 Å². The number of benzene rings is 3. The molecule has 2 aliphatic heterocycles. The molecule has 3 atom stereocenters. The van der Waals surface area contributed by atoms with Gasteiger partial charge in [-0.05, 0) is 78.9 Å². The number of halogens is 3. The summed E-state index contributed by atoms with van der Waals surface area (Å²) >= 11 is 12.9. The molecule has 2 N–H and O–H groups in total. The summed E-state index contributed by atoms with van der Waals surface area (Å²) in [5, 5.41) is 6.80. The number of carbonyl (C=O) groups is 3. The predicted octanol–water partition coefficient (Wildman–Crippen LogP) is 6.70. The molecule has 1 saturated heterocycles. The van der Waals surface area contributed by atoms with Crippen molar-refractivity contribution in [2.45, 2.75) is 63.0 Å². The van der Waals surface area contributed by atoms with Crippen LogP contribution in [0.2, 0.25) is 10.0 Å². The number of rotatable bonds is 7. The van der Waals surface area contributed by atoms with Gasteiger partial charge in [-0.3, -0.25) is 14.4 Å². The van der Waals surface area contributed by atoms with Gasteiger partial charge in [0.05, 0.1) is 6.04 Å². The second kappa shape index (κ2) is 11.5. The number of aryl methyl sites for hydroxylation is 1. The van der Waals surface area contributed by atoms with Gasteiger partial charge in [-0.2, -0.15) is 0 Å². The van der Waals surface area contributed by atoms with Crippen LogP contribution in [-0.2, 0) is 19.8 Å². The van der Waals surface area contributed by atoms with E-state index >= 15 is 0 Å². The number of hydrogen-bond donors (Lipinski definition) is 2. The highest BCUT2D eigenvalue weighted by molar-refractivity contribution is 6.31. The molecule has 10 heteroatoms. The number of nitrogens with one attached hydrogen (secondary N) is 2. The van der Waals surface area contributed by atoms with E-state index in [0.29, 0.717) is 56.6 Å². The van der Waals surface area contributed by atoms with Gasteiger partial charge in [0.1, 0.15) is 17.0 Å². The smallest absolute Gasteiger partial charge is 0.266 e. The third kappa shape index (κ3) is 5.04. The summed E-state index contributed by atoms with van der Waals surface area (Å²) in [6.45, 7) is 5.57. The van der Waals surface area contributed by atoms with Gasteiger partial charge in [-0.1, -0.05) is 49.2 Å². The second-order valence-electron chi connectivity index (χ2n) is 11.5. The molecule has 0 aromatic heterocycles. The van der Waals surface area contributed by atoms with Gasteiger partial charge in [0, 0.05) is 47.7 Å². The highest BCUT2D eigenvalue weighted by Crippen LogP contribution is 2.59. The molecule has 2 aliphatic rings. The fraction of sp³-hybridized carbons (Fsp3) is 0.364. The van der Waals surface area contributed by atoms with E-state index in [9.17, 15) is 18.8 Å². The maximum Gasteiger partial charge on any atom is 0.266 e. The Kier molecular flexibility index (Phi) is 8.22. The highest BCUT2D eigenvalue weighted by Gasteiger charge is 2.62. The molecule has 0 unspecified atom stereocenters. The van der Waals surface area contributed by atoms with Gasteiger partial charge < -0.3 is 20.3 Å². The number of hydrogen-bond acceptors (Lipinski definition) is 4. The molecule has 1 fully saturated rings. The lowest BCUT2D eigenvalue weighted by atomic mass is 9.59. The quantitative estimate of drug-likeness (QED) is 0.306. The van der Waals surface area contributed by atoms with E-state index < -0.39 is 28.8 Å². The van der Waals surface area contributed by atoms with Crippen molar-refractivity contribution in [3.05, 3.63) is 92.7 Å². The number of carbonyl (C=O) groups excluding carboxylic acids is 3. The number of piperidine rings is 1. The van der Waals surface area contributed by atoms with Crippen LogP contribution in [0.3, 0.4) is 0 Å². The summed E-state index contributed by atoms with van der Waals surface area (Å²) in [6, 6.07) is 13.5.